The fourth-order valence-electron chi connectivity index (χ4n) is 4.14. The highest BCUT2D eigenvalue weighted by atomic mass is 16.7. The minimum absolute atomic E-state index is 0.260. The van der Waals surface area contributed by atoms with Crippen LogP contribution in [0.5, 0.6) is 11.5 Å². The third kappa shape index (κ3) is 3.79. The number of benzene rings is 1. The van der Waals surface area contributed by atoms with Crippen LogP contribution in [0.2, 0.25) is 0 Å². The fraction of sp³-hybridized carbons (Fsp3) is 0.600. The first-order valence-corrected chi connectivity index (χ1v) is 9.59. The van der Waals surface area contributed by atoms with Gasteiger partial charge in [-0.2, -0.15) is 0 Å². The van der Waals surface area contributed by atoms with Gasteiger partial charge in [0.05, 0.1) is 0 Å². The maximum absolute atomic E-state index is 12.0. The number of fused-ring (bicyclic) bond motifs is 1. The number of ether oxygens (including phenoxy) is 3. The third-order valence-electron chi connectivity index (χ3n) is 5.48. The standard InChI is InChI=1S/C20H25NO5/c22-18(13-24-19(23)11-14-5-1-2-6-14)21-15-7-8-16-17(12-15)26-20(25-16)9-3-4-10-20/h7-8,12,14H,1-6,9-11,13H2,(H,21,22). The highest BCUT2D eigenvalue weighted by molar-refractivity contribution is 5.93. The predicted octanol–water partition coefficient (Wildman–Crippen LogP) is 3.79. The van der Waals surface area contributed by atoms with Crippen LogP contribution in [0.15, 0.2) is 18.2 Å². The minimum atomic E-state index is -0.513. The third-order valence-corrected chi connectivity index (χ3v) is 5.48. The van der Waals surface area contributed by atoms with Crippen LogP contribution >= 0.6 is 0 Å². The van der Waals surface area contributed by atoms with Crippen molar-refractivity contribution in [1.82, 2.24) is 0 Å². The lowest BCUT2D eigenvalue weighted by atomic mass is 10.1. The molecule has 1 N–H and O–H groups in total. The molecule has 2 saturated carbocycles. The van der Waals surface area contributed by atoms with Crippen molar-refractivity contribution < 1.29 is 23.8 Å². The van der Waals surface area contributed by atoms with Crippen LogP contribution in [0.25, 0.3) is 0 Å². The van der Waals surface area contributed by atoms with Gasteiger partial charge in [0.15, 0.2) is 18.1 Å². The summed E-state index contributed by atoms with van der Waals surface area (Å²) in [6.07, 6.45) is 8.93. The minimum Gasteiger partial charge on any atom is -0.456 e. The van der Waals surface area contributed by atoms with E-state index < -0.39 is 5.79 Å². The van der Waals surface area contributed by atoms with Crippen molar-refractivity contribution in [2.45, 2.75) is 63.6 Å². The topological polar surface area (TPSA) is 73.9 Å². The van der Waals surface area contributed by atoms with Gasteiger partial charge in [-0.25, -0.2) is 0 Å². The van der Waals surface area contributed by atoms with Crippen LogP contribution < -0.4 is 14.8 Å². The Bertz CT molecular complexity index is 689. The van der Waals surface area contributed by atoms with Crippen molar-refractivity contribution in [3.63, 3.8) is 0 Å². The monoisotopic (exact) mass is 359 g/mol. The normalized spacial score (nSPS) is 20.5. The summed E-state index contributed by atoms with van der Waals surface area (Å²) in [6, 6.07) is 5.35. The van der Waals surface area contributed by atoms with E-state index in [1.54, 1.807) is 12.1 Å². The number of carbonyl (C=O) groups excluding carboxylic acids is 2. The van der Waals surface area contributed by atoms with Gasteiger partial charge in [-0.05, 0) is 43.7 Å². The Morgan fingerprint density at radius 1 is 1.08 bits per heavy atom. The van der Waals surface area contributed by atoms with E-state index in [2.05, 4.69) is 5.32 Å². The molecular weight excluding hydrogens is 334 g/mol. The summed E-state index contributed by atoms with van der Waals surface area (Å²) in [4.78, 5) is 23.9. The molecule has 0 bridgehead atoms. The number of nitrogens with one attached hydrogen (secondary N) is 1. The lowest BCUT2D eigenvalue weighted by Gasteiger charge is -2.21. The first-order valence-electron chi connectivity index (χ1n) is 9.59. The molecule has 1 aliphatic heterocycles. The number of rotatable bonds is 5. The quantitative estimate of drug-likeness (QED) is 0.810. The average molecular weight is 359 g/mol. The summed E-state index contributed by atoms with van der Waals surface area (Å²) < 4.78 is 17.0. The number of hydrogen-bond acceptors (Lipinski definition) is 5. The van der Waals surface area contributed by atoms with Gasteiger partial charge in [0.2, 0.25) is 0 Å². The molecule has 0 radical (unpaired) electrons. The number of esters is 1. The molecule has 2 aliphatic carbocycles. The molecule has 26 heavy (non-hydrogen) atoms. The number of hydrogen-bond donors (Lipinski definition) is 1. The summed E-state index contributed by atoms with van der Waals surface area (Å²) in [6.45, 7) is -0.260. The van der Waals surface area contributed by atoms with Gasteiger partial charge in [-0.3, -0.25) is 9.59 Å². The molecule has 1 spiro atoms. The van der Waals surface area contributed by atoms with E-state index in [1.807, 2.05) is 6.07 Å². The maximum atomic E-state index is 12.0. The van der Waals surface area contributed by atoms with E-state index in [4.69, 9.17) is 14.2 Å². The Hall–Kier alpha value is -2.24. The molecule has 140 valence electrons. The number of anilines is 1. The van der Waals surface area contributed by atoms with E-state index in [0.29, 0.717) is 29.5 Å². The van der Waals surface area contributed by atoms with Crippen LogP contribution in [0.3, 0.4) is 0 Å². The van der Waals surface area contributed by atoms with Gasteiger partial charge in [-0.1, -0.05) is 12.8 Å². The van der Waals surface area contributed by atoms with Crippen LogP contribution in [-0.4, -0.2) is 24.3 Å². The SMILES string of the molecule is O=C(COC(=O)CC1CCCC1)Nc1ccc2c(c1)OC1(CCCC1)O2. The Morgan fingerprint density at radius 2 is 1.81 bits per heavy atom. The van der Waals surface area contributed by atoms with E-state index >= 15 is 0 Å². The smallest absolute Gasteiger partial charge is 0.306 e. The summed E-state index contributed by atoms with van der Waals surface area (Å²) in [5.74, 6) is 0.638. The van der Waals surface area contributed by atoms with Gasteiger partial charge >= 0.3 is 5.97 Å². The Morgan fingerprint density at radius 3 is 2.58 bits per heavy atom. The molecule has 0 saturated heterocycles. The van der Waals surface area contributed by atoms with E-state index in [1.165, 1.54) is 12.8 Å². The van der Waals surface area contributed by atoms with Crippen molar-refractivity contribution in [3.8, 4) is 11.5 Å². The van der Waals surface area contributed by atoms with E-state index in [0.717, 1.165) is 38.5 Å². The molecule has 6 heteroatoms. The lowest BCUT2D eigenvalue weighted by molar-refractivity contribution is -0.148. The van der Waals surface area contributed by atoms with Crippen LogP contribution in [0, 0.1) is 5.92 Å². The highest BCUT2D eigenvalue weighted by Crippen LogP contribution is 2.47. The summed E-state index contributed by atoms with van der Waals surface area (Å²) in [7, 11) is 0. The highest BCUT2D eigenvalue weighted by Gasteiger charge is 2.44. The molecule has 0 unspecified atom stereocenters. The Kier molecular flexibility index (Phi) is 4.74. The second-order valence-electron chi connectivity index (χ2n) is 7.55. The summed E-state index contributed by atoms with van der Waals surface area (Å²) in [5, 5.41) is 2.75. The Labute approximate surface area is 153 Å². The number of carbonyl (C=O) groups is 2. The molecule has 0 atom stereocenters. The molecule has 3 aliphatic rings. The van der Waals surface area contributed by atoms with Crippen LogP contribution in [0.1, 0.15) is 57.8 Å². The van der Waals surface area contributed by atoms with Gasteiger partial charge in [0.1, 0.15) is 0 Å². The maximum Gasteiger partial charge on any atom is 0.306 e. The molecule has 1 amide bonds. The largest absolute Gasteiger partial charge is 0.456 e. The zero-order valence-electron chi connectivity index (χ0n) is 14.9. The predicted molar refractivity (Wildman–Crippen MR) is 95.1 cm³/mol. The molecule has 1 heterocycles. The van der Waals surface area contributed by atoms with E-state index in [9.17, 15) is 9.59 Å². The average Bonchev–Trinajstić information content (AvgIpc) is 3.35. The van der Waals surface area contributed by atoms with Crippen molar-refractivity contribution in [2.75, 3.05) is 11.9 Å². The zero-order valence-corrected chi connectivity index (χ0v) is 14.9. The van der Waals surface area contributed by atoms with Crippen molar-refractivity contribution >= 4 is 17.6 Å². The Balaban J connectivity index is 1.27. The first kappa shape index (κ1) is 17.2. The molecule has 0 aromatic heterocycles. The molecule has 4 rings (SSSR count). The second-order valence-corrected chi connectivity index (χ2v) is 7.55. The van der Waals surface area contributed by atoms with Crippen LogP contribution in [-0.2, 0) is 14.3 Å². The lowest BCUT2D eigenvalue weighted by Crippen LogP contribution is -2.34. The second kappa shape index (κ2) is 7.17. The van der Waals surface area contributed by atoms with Crippen LogP contribution in [0.4, 0.5) is 5.69 Å². The summed E-state index contributed by atoms with van der Waals surface area (Å²) >= 11 is 0. The van der Waals surface area contributed by atoms with Gasteiger partial charge in [0.25, 0.3) is 11.7 Å². The van der Waals surface area contributed by atoms with Crippen molar-refractivity contribution in [3.05, 3.63) is 18.2 Å². The molecule has 1 aromatic rings. The van der Waals surface area contributed by atoms with Crippen molar-refractivity contribution in [1.29, 1.82) is 0 Å². The van der Waals surface area contributed by atoms with Crippen molar-refractivity contribution in [2.24, 2.45) is 5.92 Å². The fourth-order valence-corrected chi connectivity index (χ4v) is 4.14. The summed E-state index contributed by atoms with van der Waals surface area (Å²) in [5.41, 5.74) is 0.610. The van der Waals surface area contributed by atoms with E-state index in [-0.39, 0.29) is 18.5 Å². The van der Waals surface area contributed by atoms with Gasteiger partial charge in [-0.15, -0.1) is 0 Å². The molecule has 6 nitrogen and oxygen atoms in total. The number of amides is 1. The zero-order chi connectivity index (χ0) is 18.0. The first-order chi connectivity index (χ1) is 12.6. The van der Waals surface area contributed by atoms with Gasteiger partial charge in [0, 0.05) is 31.0 Å². The molecular formula is C20H25NO5. The molecule has 2 fully saturated rings. The van der Waals surface area contributed by atoms with Gasteiger partial charge < -0.3 is 19.5 Å². The molecule has 1 aromatic carbocycles.